The summed E-state index contributed by atoms with van der Waals surface area (Å²) in [5.41, 5.74) is 0.469. The number of aromatic nitrogens is 2. The van der Waals surface area contributed by atoms with Crippen molar-refractivity contribution >= 4 is 49.7 Å². The summed E-state index contributed by atoms with van der Waals surface area (Å²) in [5, 5.41) is 19.4. The molecule has 3 aromatic rings. The Morgan fingerprint density at radius 1 is 0.905 bits per heavy atom. The first-order chi connectivity index (χ1) is 9.97. The Hall–Kier alpha value is -2.54. The summed E-state index contributed by atoms with van der Waals surface area (Å²) in [4.78, 5) is 30.2. The zero-order valence-electron chi connectivity index (χ0n) is 10.4. The van der Waals surface area contributed by atoms with E-state index in [2.05, 4.69) is 25.9 Å². The molecule has 2 aromatic heterocycles. The van der Waals surface area contributed by atoms with E-state index in [0.717, 1.165) is 4.47 Å². The zero-order valence-corrected chi connectivity index (χ0v) is 12.0. The quantitative estimate of drug-likeness (QED) is 0.692. The first-order valence-corrected chi connectivity index (χ1v) is 6.63. The minimum Gasteiger partial charge on any atom is -0.477 e. The van der Waals surface area contributed by atoms with Gasteiger partial charge in [0.05, 0.1) is 11.0 Å². The van der Waals surface area contributed by atoms with Crippen LogP contribution in [0.1, 0.15) is 21.0 Å². The zero-order chi connectivity index (χ0) is 15.1. The van der Waals surface area contributed by atoms with Crippen molar-refractivity contribution in [3.05, 3.63) is 46.2 Å². The molecule has 104 valence electrons. The summed E-state index contributed by atoms with van der Waals surface area (Å²) in [7, 11) is 0. The molecule has 0 aliphatic rings. The van der Waals surface area contributed by atoms with Gasteiger partial charge in [-0.1, -0.05) is 22.0 Å². The van der Waals surface area contributed by atoms with Gasteiger partial charge in [0.15, 0.2) is 0 Å². The lowest BCUT2D eigenvalue weighted by Crippen LogP contribution is -2.03. The lowest BCUT2D eigenvalue weighted by Gasteiger charge is -2.06. The summed E-state index contributed by atoms with van der Waals surface area (Å²) in [6.45, 7) is 0. The highest BCUT2D eigenvalue weighted by atomic mass is 79.9. The molecule has 1 aromatic carbocycles. The fourth-order valence-electron chi connectivity index (χ4n) is 2.06. The van der Waals surface area contributed by atoms with Crippen LogP contribution in [0.15, 0.2) is 34.8 Å². The van der Waals surface area contributed by atoms with E-state index in [1.165, 1.54) is 12.1 Å². The highest BCUT2D eigenvalue weighted by Gasteiger charge is 2.13. The standard InChI is InChI=1S/C14H7BrN2O4/c15-8-5-6-1-3-9(13(18)19)16-11(6)12-7(8)2-4-10(17-12)14(20)21/h1-5H,(H,18,19)(H,20,21). The molecule has 0 saturated carbocycles. The first-order valence-electron chi connectivity index (χ1n) is 5.84. The molecular formula is C14H7BrN2O4. The fourth-order valence-corrected chi connectivity index (χ4v) is 2.63. The molecule has 21 heavy (non-hydrogen) atoms. The summed E-state index contributed by atoms with van der Waals surface area (Å²) in [6.07, 6.45) is 0. The smallest absolute Gasteiger partial charge is 0.354 e. The second-order valence-corrected chi connectivity index (χ2v) is 5.18. The molecule has 0 spiro atoms. The van der Waals surface area contributed by atoms with E-state index in [0.29, 0.717) is 21.8 Å². The van der Waals surface area contributed by atoms with Crippen molar-refractivity contribution in [1.29, 1.82) is 0 Å². The van der Waals surface area contributed by atoms with Gasteiger partial charge in [-0.25, -0.2) is 19.6 Å². The van der Waals surface area contributed by atoms with Gasteiger partial charge in [0.1, 0.15) is 11.4 Å². The number of rotatable bonds is 2. The number of carbonyl (C=O) groups is 2. The molecule has 0 amide bonds. The maximum absolute atomic E-state index is 11.1. The molecule has 0 saturated heterocycles. The summed E-state index contributed by atoms with van der Waals surface area (Å²) in [5.74, 6) is -2.30. The molecular weight excluding hydrogens is 340 g/mol. The third-order valence-electron chi connectivity index (χ3n) is 3.02. The van der Waals surface area contributed by atoms with Crippen LogP contribution in [0.5, 0.6) is 0 Å². The molecule has 2 N–H and O–H groups in total. The topological polar surface area (TPSA) is 100 Å². The van der Waals surface area contributed by atoms with Crippen molar-refractivity contribution in [2.45, 2.75) is 0 Å². The summed E-state index contributed by atoms with van der Waals surface area (Å²) < 4.78 is 0.735. The average Bonchev–Trinajstić information content (AvgIpc) is 2.46. The monoisotopic (exact) mass is 346 g/mol. The Morgan fingerprint density at radius 3 is 2.10 bits per heavy atom. The number of nitrogens with zero attached hydrogens (tertiary/aromatic N) is 2. The number of pyridine rings is 2. The second-order valence-electron chi connectivity index (χ2n) is 4.33. The van der Waals surface area contributed by atoms with E-state index in [-0.39, 0.29) is 11.4 Å². The Kier molecular flexibility index (Phi) is 3.06. The second kappa shape index (κ2) is 4.78. The molecule has 2 heterocycles. The molecule has 3 rings (SSSR count). The van der Waals surface area contributed by atoms with Gasteiger partial charge in [0.2, 0.25) is 0 Å². The molecule has 0 fully saturated rings. The highest BCUT2D eigenvalue weighted by Crippen LogP contribution is 2.30. The average molecular weight is 347 g/mol. The van der Waals surface area contributed by atoms with Crippen molar-refractivity contribution in [2.75, 3.05) is 0 Å². The van der Waals surface area contributed by atoms with Crippen molar-refractivity contribution in [2.24, 2.45) is 0 Å². The van der Waals surface area contributed by atoms with Gasteiger partial charge in [0, 0.05) is 15.2 Å². The van der Waals surface area contributed by atoms with Crippen LogP contribution < -0.4 is 0 Å². The third kappa shape index (κ3) is 2.21. The largest absolute Gasteiger partial charge is 0.477 e. The Labute approximate surface area is 126 Å². The van der Waals surface area contributed by atoms with Gasteiger partial charge < -0.3 is 10.2 Å². The maximum atomic E-state index is 11.1. The van der Waals surface area contributed by atoms with Gasteiger partial charge in [0.25, 0.3) is 0 Å². The number of carboxylic acid groups (broad SMARTS) is 2. The van der Waals surface area contributed by atoms with Gasteiger partial charge in [-0.3, -0.25) is 0 Å². The van der Waals surface area contributed by atoms with Crippen LogP contribution in [0.2, 0.25) is 0 Å². The fraction of sp³-hybridized carbons (Fsp3) is 0. The predicted molar refractivity (Wildman–Crippen MR) is 78.7 cm³/mol. The maximum Gasteiger partial charge on any atom is 0.354 e. The minimum absolute atomic E-state index is 0.117. The molecule has 0 unspecified atom stereocenters. The molecule has 0 atom stereocenters. The predicted octanol–water partition coefficient (Wildman–Crippen LogP) is 2.94. The number of fused-ring (bicyclic) bond motifs is 3. The van der Waals surface area contributed by atoms with Crippen LogP contribution in [0.25, 0.3) is 21.8 Å². The first kappa shape index (κ1) is 13.4. The Bertz CT molecular complexity index is 924. The Morgan fingerprint density at radius 2 is 1.48 bits per heavy atom. The number of aromatic carboxylic acids is 2. The van der Waals surface area contributed by atoms with Gasteiger partial charge in [-0.15, -0.1) is 0 Å². The number of carboxylic acids is 2. The van der Waals surface area contributed by atoms with Crippen LogP contribution in [-0.2, 0) is 0 Å². The van der Waals surface area contributed by atoms with E-state index in [1.54, 1.807) is 18.2 Å². The SMILES string of the molecule is O=C(O)c1ccc2cc(Br)c3ccc(C(=O)O)nc3c2n1. The van der Waals surface area contributed by atoms with Crippen LogP contribution in [0, 0.1) is 0 Å². The summed E-state index contributed by atoms with van der Waals surface area (Å²) in [6, 6.07) is 7.81. The highest BCUT2D eigenvalue weighted by molar-refractivity contribution is 9.10. The molecule has 0 bridgehead atoms. The van der Waals surface area contributed by atoms with Crippen LogP contribution in [0.3, 0.4) is 0 Å². The number of hydrogen-bond donors (Lipinski definition) is 2. The van der Waals surface area contributed by atoms with Gasteiger partial charge in [-0.05, 0) is 24.3 Å². The van der Waals surface area contributed by atoms with Crippen molar-refractivity contribution < 1.29 is 19.8 Å². The minimum atomic E-state index is -1.15. The van der Waals surface area contributed by atoms with E-state index in [1.807, 2.05) is 0 Å². The van der Waals surface area contributed by atoms with Crippen molar-refractivity contribution in [1.82, 2.24) is 9.97 Å². The summed E-state index contributed by atoms with van der Waals surface area (Å²) >= 11 is 3.40. The molecule has 0 aliphatic heterocycles. The van der Waals surface area contributed by atoms with Crippen LogP contribution >= 0.6 is 15.9 Å². The Balaban J connectivity index is 2.47. The molecule has 6 nitrogen and oxygen atoms in total. The molecule has 0 radical (unpaired) electrons. The van der Waals surface area contributed by atoms with Crippen LogP contribution in [-0.4, -0.2) is 32.1 Å². The van der Waals surface area contributed by atoms with Crippen LogP contribution in [0.4, 0.5) is 0 Å². The van der Waals surface area contributed by atoms with E-state index in [9.17, 15) is 9.59 Å². The van der Waals surface area contributed by atoms with E-state index >= 15 is 0 Å². The van der Waals surface area contributed by atoms with E-state index in [4.69, 9.17) is 10.2 Å². The lowest BCUT2D eigenvalue weighted by molar-refractivity contribution is 0.0680. The molecule has 0 aliphatic carbocycles. The van der Waals surface area contributed by atoms with Gasteiger partial charge in [-0.2, -0.15) is 0 Å². The lowest BCUT2D eigenvalue weighted by atomic mass is 10.1. The molecule has 7 heteroatoms. The third-order valence-corrected chi connectivity index (χ3v) is 3.68. The number of benzene rings is 1. The van der Waals surface area contributed by atoms with Crippen molar-refractivity contribution in [3.8, 4) is 0 Å². The van der Waals surface area contributed by atoms with Gasteiger partial charge >= 0.3 is 11.9 Å². The van der Waals surface area contributed by atoms with E-state index < -0.39 is 11.9 Å². The number of halogens is 1. The number of hydrogen-bond acceptors (Lipinski definition) is 4. The normalized spacial score (nSPS) is 10.9. The van der Waals surface area contributed by atoms with Crippen molar-refractivity contribution in [3.63, 3.8) is 0 Å².